The van der Waals surface area contributed by atoms with Crippen LogP contribution < -0.4 is 0 Å². The van der Waals surface area contributed by atoms with Crippen LogP contribution in [-0.4, -0.2) is 4.98 Å². The van der Waals surface area contributed by atoms with Gasteiger partial charge in [-0.15, -0.1) is 0 Å². The van der Waals surface area contributed by atoms with Crippen molar-refractivity contribution in [2.24, 2.45) is 0 Å². The molecule has 0 N–H and O–H groups in total. The lowest BCUT2D eigenvalue weighted by Crippen LogP contribution is -1.92. The van der Waals surface area contributed by atoms with Gasteiger partial charge in [-0.3, -0.25) is 0 Å². The maximum atomic E-state index is 6.18. The van der Waals surface area contributed by atoms with Gasteiger partial charge in [-0.05, 0) is 36.6 Å². The number of aryl methyl sites for hydroxylation is 2. The molecule has 0 fully saturated rings. The normalized spacial score (nSPS) is 11.0. The number of nitrogens with zero attached hydrogens (tertiary/aromatic N) is 1. The van der Waals surface area contributed by atoms with Crippen LogP contribution in [0.2, 0.25) is 5.15 Å². The summed E-state index contributed by atoms with van der Waals surface area (Å²) in [7, 11) is 0. The Kier molecular flexibility index (Phi) is 3.50. The van der Waals surface area contributed by atoms with Gasteiger partial charge in [0, 0.05) is 9.86 Å². The molecule has 1 aromatic carbocycles. The van der Waals surface area contributed by atoms with E-state index in [4.69, 9.17) is 11.6 Å². The fourth-order valence-electron chi connectivity index (χ4n) is 1.82. The third-order valence-electron chi connectivity index (χ3n) is 2.72. The largest absolute Gasteiger partial charge is 0.235 e. The smallest absolute Gasteiger partial charge is 0.132 e. The molecular weight excluding hydrogens is 286 g/mol. The van der Waals surface area contributed by atoms with E-state index in [0.29, 0.717) is 5.15 Å². The van der Waals surface area contributed by atoms with Crippen molar-refractivity contribution >= 4 is 38.4 Å². The van der Waals surface area contributed by atoms with E-state index < -0.39 is 0 Å². The molecule has 16 heavy (non-hydrogen) atoms. The summed E-state index contributed by atoms with van der Waals surface area (Å²) in [5, 5.41) is 1.80. The van der Waals surface area contributed by atoms with Crippen molar-refractivity contribution in [2.75, 3.05) is 0 Å². The van der Waals surface area contributed by atoms with Crippen LogP contribution in [0.3, 0.4) is 0 Å². The molecule has 0 saturated carbocycles. The van der Waals surface area contributed by atoms with Gasteiger partial charge in [-0.1, -0.05) is 46.9 Å². The summed E-state index contributed by atoms with van der Waals surface area (Å²) < 4.78 is 1.08. The molecule has 0 spiro atoms. The topological polar surface area (TPSA) is 12.9 Å². The molecule has 0 aliphatic rings. The first kappa shape index (κ1) is 11.9. The minimum atomic E-state index is 0.635. The van der Waals surface area contributed by atoms with Gasteiger partial charge in [0.2, 0.25) is 0 Å². The molecule has 0 atom stereocenters. The number of hydrogen-bond donors (Lipinski definition) is 0. The van der Waals surface area contributed by atoms with E-state index in [0.717, 1.165) is 39.3 Å². The van der Waals surface area contributed by atoms with E-state index in [9.17, 15) is 0 Å². The van der Waals surface area contributed by atoms with Gasteiger partial charge in [0.1, 0.15) is 5.15 Å². The van der Waals surface area contributed by atoms with E-state index in [1.54, 1.807) is 0 Å². The Morgan fingerprint density at radius 3 is 2.81 bits per heavy atom. The molecular formula is C13H13BrClN. The Bertz CT molecular complexity index is 537. The van der Waals surface area contributed by atoms with E-state index in [2.05, 4.69) is 53.0 Å². The number of halogens is 2. The van der Waals surface area contributed by atoms with Crippen LogP contribution in [0, 0.1) is 6.92 Å². The Morgan fingerprint density at radius 1 is 1.38 bits per heavy atom. The molecule has 0 amide bonds. The predicted molar refractivity (Wildman–Crippen MR) is 73.2 cm³/mol. The van der Waals surface area contributed by atoms with Crippen molar-refractivity contribution in [2.45, 2.75) is 26.7 Å². The summed E-state index contributed by atoms with van der Waals surface area (Å²) in [6.45, 7) is 4.20. The van der Waals surface area contributed by atoms with Gasteiger partial charge in [-0.2, -0.15) is 0 Å². The number of benzene rings is 1. The fraction of sp³-hybridized carbons (Fsp3) is 0.308. The van der Waals surface area contributed by atoms with E-state index in [1.807, 2.05) is 0 Å². The molecule has 3 heteroatoms. The zero-order valence-corrected chi connectivity index (χ0v) is 11.7. The van der Waals surface area contributed by atoms with E-state index >= 15 is 0 Å². The van der Waals surface area contributed by atoms with Crippen molar-refractivity contribution in [1.29, 1.82) is 0 Å². The van der Waals surface area contributed by atoms with Gasteiger partial charge in [0.15, 0.2) is 0 Å². The second kappa shape index (κ2) is 4.72. The Labute approximate surface area is 109 Å². The number of fused-ring (bicyclic) bond motifs is 1. The Morgan fingerprint density at radius 2 is 2.12 bits per heavy atom. The zero-order chi connectivity index (χ0) is 11.7. The molecule has 0 saturated heterocycles. The predicted octanol–water partition coefficient (Wildman–Crippen LogP) is 4.91. The van der Waals surface area contributed by atoms with Crippen LogP contribution in [-0.2, 0) is 6.42 Å². The van der Waals surface area contributed by atoms with Gasteiger partial charge in [0.25, 0.3) is 0 Å². The summed E-state index contributed by atoms with van der Waals surface area (Å²) >= 11 is 9.69. The number of rotatable bonds is 2. The highest BCUT2D eigenvalue weighted by Gasteiger charge is 2.07. The molecule has 2 rings (SSSR count). The van der Waals surface area contributed by atoms with Gasteiger partial charge < -0.3 is 0 Å². The third kappa shape index (κ3) is 2.09. The highest BCUT2D eigenvalue weighted by atomic mass is 79.9. The summed E-state index contributed by atoms with van der Waals surface area (Å²) in [5.74, 6) is 0. The second-order valence-corrected chi connectivity index (χ2v) is 5.14. The molecule has 0 aliphatic heterocycles. The van der Waals surface area contributed by atoms with Crippen LogP contribution in [0.4, 0.5) is 0 Å². The molecule has 0 bridgehead atoms. The molecule has 84 valence electrons. The van der Waals surface area contributed by atoms with E-state index in [1.165, 1.54) is 0 Å². The molecule has 1 nitrogen and oxygen atoms in total. The van der Waals surface area contributed by atoms with E-state index in [-0.39, 0.29) is 0 Å². The van der Waals surface area contributed by atoms with Crippen LogP contribution in [0.15, 0.2) is 22.7 Å². The third-order valence-corrected chi connectivity index (χ3v) is 3.91. The van der Waals surface area contributed by atoms with Crippen molar-refractivity contribution in [3.63, 3.8) is 0 Å². The number of pyridine rings is 1. The second-order valence-electron chi connectivity index (χ2n) is 3.93. The molecule has 1 aromatic heterocycles. The van der Waals surface area contributed by atoms with Crippen molar-refractivity contribution in [1.82, 2.24) is 4.98 Å². The SMILES string of the molecule is CCCc1cc2ccc(Br)c(C)c2nc1Cl. The standard InChI is InChI=1S/C13H13BrClN/c1-3-4-10-7-9-5-6-11(14)8(2)12(9)16-13(10)15/h5-7H,3-4H2,1-2H3. The highest BCUT2D eigenvalue weighted by Crippen LogP contribution is 2.28. The molecule has 1 heterocycles. The van der Waals surface area contributed by atoms with Gasteiger partial charge in [-0.25, -0.2) is 4.98 Å². The number of aromatic nitrogens is 1. The van der Waals surface area contributed by atoms with Crippen LogP contribution in [0.5, 0.6) is 0 Å². The minimum absolute atomic E-state index is 0.635. The van der Waals surface area contributed by atoms with Crippen LogP contribution in [0.1, 0.15) is 24.5 Å². The summed E-state index contributed by atoms with van der Waals surface area (Å²) in [5.41, 5.74) is 3.26. The van der Waals surface area contributed by atoms with Crippen molar-refractivity contribution in [3.8, 4) is 0 Å². The lowest BCUT2D eigenvalue weighted by molar-refractivity contribution is 0.917. The van der Waals surface area contributed by atoms with Crippen molar-refractivity contribution < 1.29 is 0 Å². The summed E-state index contributed by atoms with van der Waals surface area (Å²) in [6.07, 6.45) is 2.07. The molecule has 0 aliphatic carbocycles. The first-order valence-corrected chi connectivity index (χ1v) is 6.54. The fourth-order valence-corrected chi connectivity index (χ4v) is 2.38. The van der Waals surface area contributed by atoms with Crippen LogP contribution >= 0.6 is 27.5 Å². The van der Waals surface area contributed by atoms with Crippen LogP contribution in [0.25, 0.3) is 10.9 Å². The maximum Gasteiger partial charge on any atom is 0.132 e. The molecule has 0 unspecified atom stereocenters. The Balaban J connectivity index is 2.69. The van der Waals surface area contributed by atoms with Gasteiger partial charge in [0.05, 0.1) is 5.52 Å². The lowest BCUT2D eigenvalue weighted by Gasteiger charge is -2.08. The zero-order valence-electron chi connectivity index (χ0n) is 9.35. The monoisotopic (exact) mass is 297 g/mol. The maximum absolute atomic E-state index is 6.18. The number of hydrogen-bond acceptors (Lipinski definition) is 1. The molecule has 2 aromatic rings. The highest BCUT2D eigenvalue weighted by molar-refractivity contribution is 9.10. The lowest BCUT2D eigenvalue weighted by atomic mass is 10.1. The summed E-state index contributed by atoms with van der Waals surface area (Å²) in [6, 6.07) is 6.28. The van der Waals surface area contributed by atoms with Crippen molar-refractivity contribution in [3.05, 3.63) is 39.0 Å². The average molecular weight is 299 g/mol. The molecule has 0 radical (unpaired) electrons. The minimum Gasteiger partial charge on any atom is -0.235 e. The quantitative estimate of drug-likeness (QED) is 0.718. The first-order chi connectivity index (χ1) is 7.63. The average Bonchev–Trinajstić information content (AvgIpc) is 2.26. The first-order valence-electron chi connectivity index (χ1n) is 5.37. The van der Waals surface area contributed by atoms with Gasteiger partial charge >= 0.3 is 0 Å². The summed E-state index contributed by atoms with van der Waals surface area (Å²) in [4.78, 5) is 4.49. The Hall–Kier alpha value is -0.600.